The molecule has 0 bridgehead atoms. The quantitative estimate of drug-likeness (QED) is 0.565. The second kappa shape index (κ2) is 4.03. The summed E-state index contributed by atoms with van der Waals surface area (Å²) >= 11 is 0. The van der Waals surface area contributed by atoms with Crippen LogP contribution in [0.15, 0.2) is 28.7 Å². The smallest absolute Gasteiger partial charge is 0.312 e. The summed E-state index contributed by atoms with van der Waals surface area (Å²) in [5.41, 5.74) is 0. The lowest BCUT2D eigenvalue weighted by Crippen LogP contribution is -2.44. The van der Waals surface area contributed by atoms with Crippen LogP contribution in [-0.2, 0) is 19.6 Å². The Labute approximate surface area is 92.0 Å². The number of aliphatic carboxylic acids is 1. The fourth-order valence-corrected chi connectivity index (χ4v) is 2.48. The van der Waals surface area contributed by atoms with Gasteiger partial charge in [-0.05, 0) is 6.92 Å². The van der Waals surface area contributed by atoms with Crippen molar-refractivity contribution in [1.29, 1.82) is 0 Å². The molecule has 1 aliphatic carbocycles. The highest BCUT2D eigenvalue weighted by molar-refractivity contribution is 7.91. The molecular weight excluding hydrogens is 234 g/mol. The van der Waals surface area contributed by atoms with Crippen molar-refractivity contribution in [3.8, 4) is 0 Å². The highest BCUT2D eigenvalue weighted by Crippen LogP contribution is 2.33. The monoisotopic (exact) mass is 243 g/mol. The Kier molecular flexibility index (Phi) is 3.11. The predicted molar refractivity (Wildman–Crippen MR) is 54.9 cm³/mol. The van der Waals surface area contributed by atoms with Gasteiger partial charge in [0, 0.05) is 0 Å². The lowest BCUT2D eigenvalue weighted by atomic mass is 9.89. The molecule has 0 aromatic rings. The number of carboxylic acid groups (broad SMARTS) is 1. The molecule has 0 aliphatic heterocycles. The summed E-state index contributed by atoms with van der Waals surface area (Å²) in [5.74, 6) is -2.58. The minimum Gasteiger partial charge on any atom is -0.481 e. The van der Waals surface area contributed by atoms with E-state index in [1.54, 1.807) is 0 Å². The molecule has 0 saturated heterocycles. The number of carbonyl (C=O) groups is 1. The first-order chi connectivity index (χ1) is 7.35. The number of hydrogen-bond acceptors (Lipinski definition) is 4. The van der Waals surface area contributed by atoms with Gasteiger partial charge in [-0.1, -0.05) is 28.7 Å². The molecule has 0 fully saturated rings. The molecule has 1 N–H and O–H groups in total. The third kappa shape index (κ3) is 1.82. The lowest BCUT2D eigenvalue weighted by Gasteiger charge is -2.28. The number of carbonyl (C=O) groups excluding carboxylic acids is 1. The number of isocyanates is 1. The zero-order valence-electron chi connectivity index (χ0n) is 8.32. The van der Waals surface area contributed by atoms with E-state index in [1.165, 1.54) is 31.2 Å². The Morgan fingerprint density at radius 1 is 1.50 bits per heavy atom. The van der Waals surface area contributed by atoms with Gasteiger partial charge in [0.05, 0.1) is 5.92 Å². The summed E-state index contributed by atoms with van der Waals surface area (Å²) in [6.45, 7) is 1.20. The van der Waals surface area contributed by atoms with Gasteiger partial charge in [-0.25, -0.2) is 13.2 Å². The van der Waals surface area contributed by atoms with E-state index in [-0.39, 0.29) is 0 Å². The minimum atomic E-state index is -4.24. The standard InChI is InChI=1S/C9H9NO5S/c1-9(16(14,15)10-6-11)5-3-2-4-7(9)8(12)13/h2-5,7H,1H3,(H,12,13). The molecule has 0 heterocycles. The maximum absolute atomic E-state index is 11.6. The van der Waals surface area contributed by atoms with Crippen molar-refractivity contribution in [3.05, 3.63) is 24.3 Å². The first-order valence-corrected chi connectivity index (χ1v) is 5.71. The first-order valence-electron chi connectivity index (χ1n) is 4.27. The molecule has 0 spiro atoms. The van der Waals surface area contributed by atoms with E-state index < -0.39 is 26.7 Å². The van der Waals surface area contributed by atoms with Gasteiger partial charge in [-0.15, -0.1) is 0 Å². The number of hydrogen-bond donors (Lipinski definition) is 1. The van der Waals surface area contributed by atoms with E-state index in [0.29, 0.717) is 0 Å². The van der Waals surface area contributed by atoms with Crippen molar-refractivity contribution in [1.82, 2.24) is 0 Å². The molecule has 1 aliphatic rings. The van der Waals surface area contributed by atoms with Crippen molar-refractivity contribution in [3.63, 3.8) is 0 Å². The van der Waals surface area contributed by atoms with Gasteiger partial charge in [0.2, 0.25) is 0 Å². The average Bonchev–Trinajstić information content (AvgIpc) is 2.17. The van der Waals surface area contributed by atoms with E-state index in [9.17, 15) is 18.0 Å². The van der Waals surface area contributed by atoms with E-state index in [2.05, 4.69) is 4.40 Å². The van der Waals surface area contributed by atoms with Gasteiger partial charge in [-0.3, -0.25) is 4.79 Å². The zero-order valence-corrected chi connectivity index (χ0v) is 9.14. The van der Waals surface area contributed by atoms with Crippen LogP contribution in [0.1, 0.15) is 6.92 Å². The van der Waals surface area contributed by atoms with Gasteiger partial charge < -0.3 is 5.11 Å². The maximum Gasteiger partial charge on any atom is 0.312 e. The summed E-state index contributed by atoms with van der Waals surface area (Å²) < 4.78 is 24.2. The maximum atomic E-state index is 11.6. The molecule has 16 heavy (non-hydrogen) atoms. The van der Waals surface area contributed by atoms with Crippen molar-refractivity contribution >= 4 is 22.1 Å². The molecule has 0 aromatic carbocycles. The molecule has 2 unspecified atom stereocenters. The Balaban J connectivity index is 3.37. The van der Waals surface area contributed by atoms with Crippen LogP contribution in [0.5, 0.6) is 0 Å². The van der Waals surface area contributed by atoms with E-state index in [1.807, 2.05) is 0 Å². The average molecular weight is 243 g/mol. The van der Waals surface area contributed by atoms with Crippen molar-refractivity contribution in [2.75, 3.05) is 0 Å². The fraction of sp³-hybridized carbons (Fsp3) is 0.333. The Morgan fingerprint density at radius 3 is 2.62 bits per heavy atom. The molecule has 0 aromatic heterocycles. The Bertz CT molecular complexity index is 512. The van der Waals surface area contributed by atoms with Gasteiger partial charge >= 0.3 is 5.97 Å². The van der Waals surface area contributed by atoms with Gasteiger partial charge in [0.15, 0.2) is 0 Å². The van der Waals surface area contributed by atoms with E-state index in [0.717, 1.165) is 6.08 Å². The molecular formula is C9H9NO5S. The molecule has 86 valence electrons. The number of rotatable bonds is 3. The summed E-state index contributed by atoms with van der Waals surface area (Å²) in [6.07, 6.45) is 6.19. The fourth-order valence-electron chi connectivity index (χ4n) is 1.44. The highest BCUT2D eigenvalue weighted by atomic mass is 32.2. The summed E-state index contributed by atoms with van der Waals surface area (Å²) in [7, 11) is -4.24. The number of nitrogens with zero attached hydrogens (tertiary/aromatic N) is 1. The van der Waals surface area contributed by atoms with Crippen LogP contribution in [0.25, 0.3) is 0 Å². The number of allylic oxidation sites excluding steroid dienone is 2. The Hall–Kier alpha value is -1.72. The van der Waals surface area contributed by atoms with E-state index >= 15 is 0 Å². The van der Waals surface area contributed by atoms with Crippen LogP contribution in [0, 0.1) is 5.92 Å². The third-order valence-electron chi connectivity index (χ3n) is 2.44. The number of sulfonamides is 1. The van der Waals surface area contributed by atoms with Crippen molar-refractivity contribution in [2.45, 2.75) is 11.7 Å². The second-order valence-corrected chi connectivity index (χ2v) is 5.41. The summed E-state index contributed by atoms with van der Waals surface area (Å²) in [6, 6.07) is 0. The van der Waals surface area contributed by atoms with Crippen LogP contribution in [0.2, 0.25) is 0 Å². The topological polar surface area (TPSA) is 101 Å². The van der Waals surface area contributed by atoms with E-state index in [4.69, 9.17) is 5.11 Å². The molecule has 0 radical (unpaired) electrons. The molecule has 2 atom stereocenters. The van der Waals surface area contributed by atoms with Gasteiger partial charge in [0.25, 0.3) is 16.1 Å². The highest BCUT2D eigenvalue weighted by Gasteiger charge is 2.47. The van der Waals surface area contributed by atoms with Crippen LogP contribution in [0.4, 0.5) is 0 Å². The summed E-state index contributed by atoms with van der Waals surface area (Å²) in [4.78, 5) is 21.0. The first kappa shape index (κ1) is 12.4. The zero-order chi connectivity index (χ0) is 12.4. The largest absolute Gasteiger partial charge is 0.481 e. The van der Waals surface area contributed by atoms with Crippen molar-refractivity contribution < 1.29 is 23.1 Å². The second-order valence-electron chi connectivity index (χ2n) is 3.40. The third-order valence-corrected chi connectivity index (χ3v) is 4.26. The molecule has 1 rings (SSSR count). The molecule has 0 amide bonds. The Morgan fingerprint density at radius 2 is 2.12 bits per heavy atom. The van der Waals surface area contributed by atoms with Crippen LogP contribution < -0.4 is 0 Å². The predicted octanol–water partition coefficient (Wildman–Crippen LogP) is 0.238. The minimum absolute atomic E-state index is 0.926. The SMILES string of the molecule is CC1(S(=O)(=O)N=C=O)C=CC=CC1C(=O)O. The van der Waals surface area contributed by atoms with Crippen LogP contribution in [0.3, 0.4) is 0 Å². The van der Waals surface area contributed by atoms with Gasteiger partial charge in [-0.2, -0.15) is 0 Å². The normalized spacial score (nSPS) is 28.4. The molecule has 7 heteroatoms. The molecule has 6 nitrogen and oxygen atoms in total. The van der Waals surface area contributed by atoms with Gasteiger partial charge in [0.1, 0.15) is 4.75 Å². The lowest BCUT2D eigenvalue weighted by molar-refractivity contribution is -0.140. The molecule has 0 saturated carbocycles. The van der Waals surface area contributed by atoms with Crippen molar-refractivity contribution in [2.24, 2.45) is 10.3 Å². The van der Waals surface area contributed by atoms with Crippen LogP contribution in [-0.4, -0.2) is 30.3 Å². The number of carboxylic acids is 1. The summed E-state index contributed by atoms with van der Waals surface area (Å²) in [5, 5.41) is 8.92. The van der Waals surface area contributed by atoms with Crippen LogP contribution >= 0.6 is 0 Å².